The number of carboxylic acid groups (broad SMARTS) is 1. The number of rotatable bonds is 3. The summed E-state index contributed by atoms with van der Waals surface area (Å²) < 4.78 is 1.70. The molecule has 0 amide bonds. The molecule has 0 radical (unpaired) electrons. The highest BCUT2D eigenvalue weighted by atomic mass is 16.4. The van der Waals surface area contributed by atoms with Crippen molar-refractivity contribution in [2.45, 2.75) is 27.2 Å². The van der Waals surface area contributed by atoms with Gasteiger partial charge in [-0.2, -0.15) is 0 Å². The van der Waals surface area contributed by atoms with Gasteiger partial charge in [0.05, 0.1) is 23.5 Å². The molecular formula is C13H15N3O2. The molecule has 5 heteroatoms. The molecule has 0 bridgehead atoms. The summed E-state index contributed by atoms with van der Waals surface area (Å²) in [5, 5.41) is 16.8. The highest BCUT2D eigenvalue weighted by Gasteiger charge is 2.14. The van der Waals surface area contributed by atoms with Crippen LogP contribution >= 0.6 is 0 Å². The molecule has 1 heterocycles. The van der Waals surface area contributed by atoms with Crippen LogP contribution in [0.1, 0.15) is 22.5 Å². The number of hydrogen-bond donors (Lipinski definition) is 1. The van der Waals surface area contributed by atoms with E-state index < -0.39 is 5.97 Å². The van der Waals surface area contributed by atoms with Crippen molar-refractivity contribution in [2.24, 2.45) is 0 Å². The van der Waals surface area contributed by atoms with Crippen LogP contribution in [0.5, 0.6) is 0 Å². The molecule has 5 nitrogen and oxygen atoms in total. The number of carboxylic acids is 1. The zero-order valence-corrected chi connectivity index (χ0v) is 10.6. The first kappa shape index (κ1) is 12.3. The number of aliphatic carboxylic acids is 1. The lowest BCUT2D eigenvalue weighted by molar-refractivity contribution is -0.136. The van der Waals surface area contributed by atoms with Crippen LogP contribution in [0.25, 0.3) is 5.69 Å². The third-order valence-electron chi connectivity index (χ3n) is 3.11. The van der Waals surface area contributed by atoms with Gasteiger partial charge in [-0.3, -0.25) is 4.79 Å². The molecule has 2 rings (SSSR count). The quantitative estimate of drug-likeness (QED) is 0.895. The van der Waals surface area contributed by atoms with Crippen LogP contribution in [0.2, 0.25) is 0 Å². The highest BCUT2D eigenvalue weighted by Crippen LogP contribution is 2.19. The topological polar surface area (TPSA) is 68.0 Å². The van der Waals surface area contributed by atoms with Crippen molar-refractivity contribution >= 4 is 5.97 Å². The second-order valence-electron chi connectivity index (χ2n) is 4.32. The van der Waals surface area contributed by atoms with Gasteiger partial charge in [-0.05, 0) is 38.0 Å². The Bertz CT molecular complexity index is 602. The van der Waals surface area contributed by atoms with Crippen molar-refractivity contribution in [2.75, 3.05) is 0 Å². The Morgan fingerprint density at radius 2 is 2.06 bits per heavy atom. The van der Waals surface area contributed by atoms with Crippen molar-refractivity contribution in [3.05, 3.63) is 40.7 Å². The summed E-state index contributed by atoms with van der Waals surface area (Å²) >= 11 is 0. The van der Waals surface area contributed by atoms with E-state index in [1.165, 1.54) is 5.56 Å². The molecule has 0 aliphatic heterocycles. The number of benzene rings is 1. The van der Waals surface area contributed by atoms with E-state index in [9.17, 15) is 4.79 Å². The van der Waals surface area contributed by atoms with Crippen LogP contribution in [-0.4, -0.2) is 26.1 Å². The molecule has 1 N–H and O–H groups in total. The molecule has 0 saturated carbocycles. The normalized spacial score (nSPS) is 10.6. The molecule has 0 aliphatic rings. The standard InChI is InChI=1S/C13H15N3O2/c1-8-5-4-6-12(9(8)2)16-10(3)11(14-15-16)7-13(17)18/h4-6H,7H2,1-3H3,(H,17,18). The van der Waals surface area contributed by atoms with Crippen LogP contribution in [0, 0.1) is 20.8 Å². The van der Waals surface area contributed by atoms with Crippen LogP contribution in [0.4, 0.5) is 0 Å². The lowest BCUT2D eigenvalue weighted by Crippen LogP contribution is -2.05. The lowest BCUT2D eigenvalue weighted by atomic mass is 10.1. The van der Waals surface area contributed by atoms with Gasteiger partial charge in [0.15, 0.2) is 0 Å². The van der Waals surface area contributed by atoms with Gasteiger partial charge in [-0.1, -0.05) is 17.3 Å². The van der Waals surface area contributed by atoms with Crippen molar-refractivity contribution in [3.8, 4) is 5.69 Å². The second-order valence-corrected chi connectivity index (χ2v) is 4.32. The molecule has 0 fully saturated rings. The zero-order valence-electron chi connectivity index (χ0n) is 10.6. The number of aryl methyl sites for hydroxylation is 1. The van der Waals surface area contributed by atoms with E-state index in [0.29, 0.717) is 5.69 Å². The minimum absolute atomic E-state index is 0.100. The minimum Gasteiger partial charge on any atom is -0.481 e. The first-order valence-electron chi connectivity index (χ1n) is 5.70. The van der Waals surface area contributed by atoms with Gasteiger partial charge in [0.1, 0.15) is 0 Å². The summed E-state index contributed by atoms with van der Waals surface area (Å²) in [6.45, 7) is 5.88. The molecule has 0 atom stereocenters. The maximum Gasteiger partial charge on any atom is 0.309 e. The van der Waals surface area contributed by atoms with Gasteiger partial charge >= 0.3 is 5.97 Å². The van der Waals surface area contributed by atoms with Gasteiger partial charge < -0.3 is 5.11 Å². The molecule has 0 spiro atoms. The number of nitrogens with zero attached hydrogens (tertiary/aromatic N) is 3. The Balaban J connectivity index is 2.49. The van der Waals surface area contributed by atoms with Crippen molar-refractivity contribution in [1.29, 1.82) is 0 Å². The van der Waals surface area contributed by atoms with Crippen molar-refractivity contribution in [1.82, 2.24) is 15.0 Å². The number of aromatic nitrogens is 3. The monoisotopic (exact) mass is 245 g/mol. The van der Waals surface area contributed by atoms with Gasteiger partial charge in [-0.25, -0.2) is 4.68 Å². The molecular weight excluding hydrogens is 230 g/mol. The zero-order chi connectivity index (χ0) is 13.3. The van der Waals surface area contributed by atoms with Gasteiger partial charge in [0, 0.05) is 0 Å². The Morgan fingerprint density at radius 3 is 2.72 bits per heavy atom. The lowest BCUT2D eigenvalue weighted by Gasteiger charge is -2.09. The summed E-state index contributed by atoms with van der Waals surface area (Å²) in [4.78, 5) is 10.7. The number of carbonyl (C=O) groups is 1. The summed E-state index contributed by atoms with van der Waals surface area (Å²) in [5.41, 5.74) is 4.50. The Labute approximate surface area is 105 Å². The van der Waals surface area contributed by atoms with Crippen molar-refractivity contribution < 1.29 is 9.90 Å². The Hall–Kier alpha value is -2.17. The Morgan fingerprint density at radius 1 is 1.33 bits per heavy atom. The van der Waals surface area contributed by atoms with Crippen molar-refractivity contribution in [3.63, 3.8) is 0 Å². The molecule has 0 unspecified atom stereocenters. The van der Waals surface area contributed by atoms with Gasteiger partial charge in [0.25, 0.3) is 0 Å². The molecule has 0 saturated heterocycles. The fraction of sp³-hybridized carbons (Fsp3) is 0.308. The summed E-state index contributed by atoms with van der Waals surface area (Å²) in [6, 6.07) is 5.94. The van der Waals surface area contributed by atoms with Gasteiger partial charge in [-0.15, -0.1) is 5.10 Å². The number of hydrogen-bond acceptors (Lipinski definition) is 3. The summed E-state index contributed by atoms with van der Waals surface area (Å²) in [6.07, 6.45) is -0.100. The van der Waals surface area contributed by atoms with E-state index in [-0.39, 0.29) is 6.42 Å². The van der Waals surface area contributed by atoms with Crippen LogP contribution < -0.4 is 0 Å². The fourth-order valence-corrected chi connectivity index (χ4v) is 1.86. The average Bonchev–Trinajstić information content (AvgIpc) is 2.64. The predicted octanol–water partition coefficient (Wildman–Crippen LogP) is 1.82. The second kappa shape index (κ2) is 4.60. The first-order valence-corrected chi connectivity index (χ1v) is 5.70. The minimum atomic E-state index is -0.897. The maximum absolute atomic E-state index is 10.7. The third-order valence-corrected chi connectivity index (χ3v) is 3.11. The predicted molar refractivity (Wildman–Crippen MR) is 66.9 cm³/mol. The molecule has 1 aromatic carbocycles. The smallest absolute Gasteiger partial charge is 0.309 e. The molecule has 2 aromatic rings. The SMILES string of the molecule is Cc1cccc(-n2nnc(CC(=O)O)c2C)c1C. The molecule has 94 valence electrons. The molecule has 18 heavy (non-hydrogen) atoms. The van der Waals surface area contributed by atoms with E-state index in [1.54, 1.807) is 4.68 Å². The van der Waals surface area contributed by atoms with Gasteiger partial charge in [0.2, 0.25) is 0 Å². The van der Waals surface area contributed by atoms with Crippen LogP contribution in [-0.2, 0) is 11.2 Å². The largest absolute Gasteiger partial charge is 0.481 e. The Kier molecular flexibility index (Phi) is 3.14. The van der Waals surface area contributed by atoms with Crippen LogP contribution in [0.15, 0.2) is 18.2 Å². The molecule has 0 aliphatic carbocycles. The fourth-order valence-electron chi connectivity index (χ4n) is 1.86. The maximum atomic E-state index is 10.7. The van der Waals surface area contributed by atoms with E-state index in [2.05, 4.69) is 10.3 Å². The van der Waals surface area contributed by atoms with E-state index >= 15 is 0 Å². The first-order chi connectivity index (χ1) is 8.50. The highest BCUT2D eigenvalue weighted by molar-refractivity contribution is 5.69. The average molecular weight is 245 g/mol. The van der Waals surface area contributed by atoms with E-state index in [4.69, 9.17) is 5.11 Å². The van der Waals surface area contributed by atoms with E-state index in [0.717, 1.165) is 16.9 Å². The summed E-state index contributed by atoms with van der Waals surface area (Å²) in [5.74, 6) is -0.897. The van der Waals surface area contributed by atoms with Crippen LogP contribution in [0.3, 0.4) is 0 Å². The molecule has 1 aromatic heterocycles. The van der Waals surface area contributed by atoms with E-state index in [1.807, 2.05) is 39.0 Å². The summed E-state index contributed by atoms with van der Waals surface area (Å²) in [7, 11) is 0. The third kappa shape index (κ3) is 2.11.